The van der Waals surface area contributed by atoms with Crippen molar-refractivity contribution in [1.82, 2.24) is 4.98 Å². The van der Waals surface area contributed by atoms with E-state index in [1.165, 1.54) is 17.0 Å². The van der Waals surface area contributed by atoms with Crippen molar-refractivity contribution < 1.29 is 13.3 Å². The normalized spacial score (nSPS) is 15.8. The van der Waals surface area contributed by atoms with E-state index in [0.29, 0.717) is 24.7 Å². The molecule has 1 saturated heterocycles. The fourth-order valence-corrected chi connectivity index (χ4v) is 4.97. The predicted molar refractivity (Wildman–Crippen MR) is 109 cm³/mol. The minimum atomic E-state index is -3.68. The summed E-state index contributed by atoms with van der Waals surface area (Å²) in [6.07, 6.45) is 4.75. The second kappa shape index (κ2) is 6.94. The summed E-state index contributed by atoms with van der Waals surface area (Å²) in [7, 11) is -3.68. The van der Waals surface area contributed by atoms with E-state index in [1.807, 2.05) is 23.1 Å². The fraction of sp³-hybridized carbons (Fsp3) is 0.300. The second-order valence-corrected chi connectivity index (χ2v) is 9.19. The standard InChI is InChI=1S/C20H21N3O4S/c1-28(26,27)19-8-4-7-18(20(19)23(24)25)22-11-9-14(10-12-22)16-13-21-17-6-3-2-5-15(16)17/h2-8,13-14,21H,9-12H2,1H3. The maximum absolute atomic E-state index is 12.0. The van der Waals surface area contributed by atoms with Crippen molar-refractivity contribution in [2.24, 2.45) is 0 Å². The number of para-hydroxylation sites is 2. The van der Waals surface area contributed by atoms with Gasteiger partial charge in [0.2, 0.25) is 0 Å². The quantitative estimate of drug-likeness (QED) is 0.531. The summed E-state index contributed by atoms with van der Waals surface area (Å²) in [6, 6.07) is 12.7. The number of nitro groups is 1. The van der Waals surface area contributed by atoms with E-state index in [-0.39, 0.29) is 10.6 Å². The molecule has 8 heteroatoms. The van der Waals surface area contributed by atoms with Gasteiger partial charge >= 0.3 is 5.69 Å². The highest BCUT2D eigenvalue weighted by atomic mass is 32.2. The van der Waals surface area contributed by atoms with E-state index in [1.54, 1.807) is 12.1 Å². The molecule has 28 heavy (non-hydrogen) atoms. The Labute approximate surface area is 163 Å². The lowest BCUT2D eigenvalue weighted by Gasteiger charge is -2.33. The molecule has 1 fully saturated rings. The van der Waals surface area contributed by atoms with Gasteiger partial charge in [0, 0.05) is 36.4 Å². The summed E-state index contributed by atoms with van der Waals surface area (Å²) in [5.74, 6) is 0.365. The van der Waals surface area contributed by atoms with Crippen molar-refractivity contribution >= 4 is 32.1 Å². The number of rotatable bonds is 4. The molecular weight excluding hydrogens is 378 g/mol. The molecule has 1 aromatic heterocycles. The maximum Gasteiger partial charge on any atom is 0.311 e. The Morgan fingerprint density at radius 2 is 1.82 bits per heavy atom. The van der Waals surface area contributed by atoms with Crippen LogP contribution in [-0.4, -0.2) is 37.7 Å². The van der Waals surface area contributed by atoms with Gasteiger partial charge in [-0.2, -0.15) is 0 Å². The zero-order valence-corrected chi connectivity index (χ0v) is 16.3. The number of piperidine rings is 1. The molecule has 1 aliphatic rings. The number of anilines is 1. The van der Waals surface area contributed by atoms with Gasteiger partial charge < -0.3 is 9.88 Å². The number of hydrogen-bond donors (Lipinski definition) is 1. The van der Waals surface area contributed by atoms with Crippen LogP contribution in [0.2, 0.25) is 0 Å². The van der Waals surface area contributed by atoms with Crippen LogP contribution in [0.1, 0.15) is 24.3 Å². The third kappa shape index (κ3) is 3.24. The molecule has 2 aromatic carbocycles. The summed E-state index contributed by atoms with van der Waals surface area (Å²) in [5, 5.41) is 12.9. The van der Waals surface area contributed by atoms with Crippen LogP contribution >= 0.6 is 0 Å². The number of benzene rings is 2. The molecule has 0 spiro atoms. The van der Waals surface area contributed by atoms with Gasteiger partial charge in [-0.15, -0.1) is 0 Å². The Morgan fingerprint density at radius 3 is 2.50 bits per heavy atom. The Kier molecular flexibility index (Phi) is 4.58. The van der Waals surface area contributed by atoms with Crippen molar-refractivity contribution in [3.63, 3.8) is 0 Å². The number of nitrogens with zero attached hydrogens (tertiary/aromatic N) is 2. The highest BCUT2D eigenvalue weighted by molar-refractivity contribution is 7.90. The lowest BCUT2D eigenvalue weighted by molar-refractivity contribution is -0.387. The predicted octanol–water partition coefficient (Wildman–Crippen LogP) is 3.86. The molecular formula is C20H21N3O4S. The zero-order chi connectivity index (χ0) is 19.9. The van der Waals surface area contributed by atoms with Gasteiger partial charge in [0.15, 0.2) is 9.84 Å². The summed E-state index contributed by atoms with van der Waals surface area (Å²) in [4.78, 5) is 16.1. The van der Waals surface area contributed by atoms with Gasteiger partial charge in [-0.1, -0.05) is 24.3 Å². The average molecular weight is 399 g/mol. The molecule has 0 radical (unpaired) electrons. The van der Waals surface area contributed by atoms with Gasteiger partial charge in [0.25, 0.3) is 0 Å². The van der Waals surface area contributed by atoms with E-state index in [4.69, 9.17) is 0 Å². The van der Waals surface area contributed by atoms with Gasteiger partial charge in [-0.25, -0.2) is 8.42 Å². The fourth-order valence-electron chi connectivity index (χ4n) is 4.11. The average Bonchev–Trinajstić information content (AvgIpc) is 3.11. The first-order valence-electron chi connectivity index (χ1n) is 9.14. The van der Waals surface area contributed by atoms with Crippen LogP contribution in [0, 0.1) is 10.1 Å². The SMILES string of the molecule is CS(=O)(=O)c1cccc(N2CCC(c3c[nH]c4ccccc34)CC2)c1[N+](=O)[O-]. The van der Waals surface area contributed by atoms with Crippen LogP contribution in [0.25, 0.3) is 10.9 Å². The molecule has 0 atom stereocenters. The van der Waals surface area contributed by atoms with Gasteiger partial charge in [0.05, 0.1) is 4.92 Å². The first kappa shape index (κ1) is 18.5. The first-order chi connectivity index (χ1) is 13.4. The largest absolute Gasteiger partial charge is 0.366 e. The van der Waals surface area contributed by atoms with Crippen LogP contribution in [0.5, 0.6) is 0 Å². The number of nitro benzene ring substituents is 1. The lowest BCUT2D eigenvalue weighted by atomic mass is 9.89. The Bertz CT molecular complexity index is 1150. The number of fused-ring (bicyclic) bond motifs is 1. The summed E-state index contributed by atoms with van der Waals surface area (Å²) >= 11 is 0. The number of hydrogen-bond acceptors (Lipinski definition) is 5. The van der Waals surface area contributed by atoms with Crippen LogP contribution in [-0.2, 0) is 9.84 Å². The second-order valence-electron chi connectivity index (χ2n) is 7.20. The maximum atomic E-state index is 12.0. The smallest absolute Gasteiger partial charge is 0.311 e. The molecule has 0 aliphatic carbocycles. The van der Waals surface area contributed by atoms with Gasteiger partial charge in [0.1, 0.15) is 10.6 Å². The van der Waals surface area contributed by atoms with Gasteiger partial charge in [-0.05, 0) is 42.5 Å². The third-order valence-corrected chi connectivity index (χ3v) is 6.58. The van der Waals surface area contributed by atoms with Crippen molar-refractivity contribution in [2.45, 2.75) is 23.7 Å². The molecule has 0 unspecified atom stereocenters. The van der Waals surface area contributed by atoms with Crippen LogP contribution in [0.15, 0.2) is 53.6 Å². The molecule has 4 rings (SSSR count). The number of sulfone groups is 1. The van der Waals surface area contributed by atoms with E-state index >= 15 is 0 Å². The highest BCUT2D eigenvalue weighted by Gasteiger charge is 2.31. The van der Waals surface area contributed by atoms with Crippen LogP contribution < -0.4 is 4.90 Å². The third-order valence-electron chi connectivity index (χ3n) is 5.46. The lowest BCUT2D eigenvalue weighted by Crippen LogP contribution is -2.33. The molecule has 0 bridgehead atoms. The molecule has 1 N–H and O–H groups in total. The van der Waals surface area contributed by atoms with Crippen molar-refractivity contribution in [1.29, 1.82) is 0 Å². The number of aromatic amines is 1. The van der Waals surface area contributed by atoms with E-state index in [0.717, 1.165) is 24.6 Å². The Balaban J connectivity index is 1.62. The molecule has 2 heterocycles. The molecule has 146 valence electrons. The highest BCUT2D eigenvalue weighted by Crippen LogP contribution is 2.39. The van der Waals surface area contributed by atoms with E-state index in [9.17, 15) is 18.5 Å². The van der Waals surface area contributed by atoms with Crippen LogP contribution in [0.4, 0.5) is 11.4 Å². The topological polar surface area (TPSA) is 96.3 Å². The van der Waals surface area contributed by atoms with Crippen molar-refractivity contribution in [3.8, 4) is 0 Å². The Morgan fingerprint density at radius 1 is 1.11 bits per heavy atom. The summed E-state index contributed by atoms with van der Waals surface area (Å²) in [5.41, 5.74) is 2.44. The van der Waals surface area contributed by atoms with Crippen molar-refractivity contribution in [3.05, 3.63) is 64.3 Å². The number of aromatic nitrogens is 1. The molecule has 0 amide bonds. The van der Waals surface area contributed by atoms with Crippen LogP contribution in [0.3, 0.4) is 0 Å². The molecule has 7 nitrogen and oxygen atoms in total. The van der Waals surface area contributed by atoms with Gasteiger partial charge in [-0.3, -0.25) is 10.1 Å². The first-order valence-corrected chi connectivity index (χ1v) is 11.0. The molecule has 0 saturated carbocycles. The van der Waals surface area contributed by atoms with Crippen molar-refractivity contribution in [2.75, 3.05) is 24.2 Å². The zero-order valence-electron chi connectivity index (χ0n) is 15.5. The van der Waals surface area contributed by atoms with E-state index < -0.39 is 14.8 Å². The molecule has 1 aliphatic heterocycles. The van der Waals surface area contributed by atoms with E-state index in [2.05, 4.69) is 17.2 Å². The molecule has 3 aromatic rings. The minimum Gasteiger partial charge on any atom is -0.366 e. The monoisotopic (exact) mass is 399 g/mol. The summed E-state index contributed by atoms with van der Waals surface area (Å²) < 4.78 is 24.0. The number of nitrogens with one attached hydrogen (secondary N) is 1. The minimum absolute atomic E-state index is 0.228. The Hall–Kier alpha value is -2.87. The summed E-state index contributed by atoms with van der Waals surface area (Å²) in [6.45, 7) is 1.27. The number of H-pyrrole nitrogens is 1.